The second-order valence-electron chi connectivity index (χ2n) is 7.34. The van der Waals surface area contributed by atoms with Gasteiger partial charge in [-0.2, -0.15) is 0 Å². The van der Waals surface area contributed by atoms with Crippen LogP contribution < -0.4 is 5.32 Å². The zero-order chi connectivity index (χ0) is 20.3. The minimum Gasteiger partial charge on any atom is -0.379 e. The van der Waals surface area contributed by atoms with Crippen molar-refractivity contribution in [1.29, 1.82) is 0 Å². The lowest BCUT2D eigenvalue weighted by molar-refractivity contribution is -0.135. The van der Waals surface area contributed by atoms with E-state index in [4.69, 9.17) is 9.57 Å². The predicted molar refractivity (Wildman–Crippen MR) is 109 cm³/mol. The molecule has 0 unspecified atom stereocenters. The lowest BCUT2D eigenvalue weighted by Gasteiger charge is -2.27. The van der Waals surface area contributed by atoms with E-state index in [9.17, 15) is 9.59 Å². The van der Waals surface area contributed by atoms with E-state index in [1.165, 1.54) is 0 Å². The van der Waals surface area contributed by atoms with Crippen molar-refractivity contribution in [2.75, 3.05) is 31.6 Å². The van der Waals surface area contributed by atoms with Crippen molar-refractivity contribution < 1.29 is 19.2 Å². The standard InChI is InChI=1S/C22H23N3O4/c1-22(15-19(24-29-22)16-6-3-2-4-7-16)21(27)23-18-9-5-8-17(14-18)20(26)25-10-12-28-13-11-25/h2-9,14H,10-13,15H2,1H3,(H,23,27)/t22-/m0/s1. The molecule has 1 fully saturated rings. The van der Waals surface area contributed by atoms with Gasteiger partial charge < -0.3 is 19.8 Å². The summed E-state index contributed by atoms with van der Waals surface area (Å²) in [5.74, 6) is -0.370. The number of amides is 2. The van der Waals surface area contributed by atoms with Gasteiger partial charge in [-0.3, -0.25) is 9.59 Å². The number of nitrogens with one attached hydrogen (secondary N) is 1. The van der Waals surface area contributed by atoms with Gasteiger partial charge in [0.2, 0.25) is 5.60 Å². The quantitative estimate of drug-likeness (QED) is 0.866. The summed E-state index contributed by atoms with van der Waals surface area (Å²) >= 11 is 0. The minimum absolute atomic E-state index is 0.0672. The molecule has 0 bridgehead atoms. The van der Waals surface area contributed by atoms with Crippen LogP contribution in [0.2, 0.25) is 0 Å². The third-order valence-corrected chi connectivity index (χ3v) is 5.12. The molecule has 2 amide bonds. The summed E-state index contributed by atoms with van der Waals surface area (Å²) in [4.78, 5) is 32.8. The zero-order valence-electron chi connectivity index (χ0n) is 16.3. The average molecular weight is 393 g/mol. The summed E-state index contributed by atoms with van der Waals surface area (Å²) in [6, 6.07) is 16.6. The minimum atomic E-state index is -1.10. The van der Waals surface area contributed by atoms with Gasteiger partial charge in [-0.05, 0) is 30.7 Å². The van der Waals surface area contributed by atoms with Crippen molar-refractivity contribution in [2.24, 2.45) is 5.16 Å². The first-order valence-corrected chi connectivity index (χ1v) is 9.64. The highest BCUT2D eigenvalue weighted by molar-refractivity contribution is 6.08. The third kappa shape index (κ3) is 4.14. The van der Waals surface area contributed by atoms with Crippen LogP contribution in [-0.2, 0) is 14.4 Å². The van der Waals surface area contributed by atoms with Gasteiger partial charge in [-0.25, -0.2) is 0 Å². The molecular formula is C22H23N3O4. The van der Waals surface area contributed by atoms with Crippen molar-refractivity contribution in [3.05, 3.63) is 65.7 Å². The summed E-state index contributed by atoms with van der Waals surface area (Å²) in [6.45, 7) is 3.94. The predicted octanol–water partition coefficient (Wildman–Crippen LogP) is 2.68. The molecule has 150 valence electrons. The van der Waals surface area contributed by atoms with Crippen molar-refractivity contribution in [2.45, 2.75) is 18.9 Å². The molecule has 7 nitrogen and oxygen atoms in total. The number of oxime groups is 1. The second kappa shape index (κ2) is 8.05. The Morgan fingerprint density at radius 2 is 1.83 bits per heavy atom. The lowest BCUT2D eigenvalue weighted by atomic mass is 9.95. The molecule has 29 heavy (non-hydrogen) atoms. The summed E-state index contributed by atoms with van der Waals surface area (Å²) in [6.07, 6.45) is 0.370. The van der Waals surface area contributed by atoms with E-state index in [2.05, 4.69) is 10.5 Å². The number of hydrogen-bond acceptors (Lipinski definition) is 5. The van der Waals surface area contributed by atoms with E-state index in [0.717, 1.165) is 11.3 Å². The second-order valence-corrected chi connectivity index (χ2v) is 7.34. The van der Waals surface area contributed by atoms with Gasteiger partial charge in [0.15, 0.2) is 0 Å². The number of carbonyl (C=O) groups excluding carboxylic acids is 2. The Morgan fingerprint density at radius 1 is 1.07 bits per heavy atom. The number of hydrogen-bond donors (Lipinski definition) is 1. The van der Waals surface area contributed by atoms with Crippen molar-refractivity contribution in [3.8, 4) is 0 Å². The Bertz CT molecular complexity index is 938. The molecule has 2 heterocycles. The Kier molecular flexibility index (Phi) is 5.31. The van der Waals surface area contributed by atoms with Crippen molar-refractivity contribution in [1.82, 2.24) is 4.90 Å². The number of morpholine rings is 1. The Hall–Kier alpha value is -3.19. The summed E-state index contributed by atoms with van der Waals surface area (Å²) in [5.41, 5.74) is 1.65. The van der Waals surface area contributed by atoms with Gasteiger partial charge in [0.25, 0.3) is 11.8 Å². The molecule has 0 radical (unpaired) electrons. The normalized spacial score (nSPS) is 21.3. The summed E-state index contributed by atoms with van der Waals surface area (Å²) < 4.78 is 5.30. The maximum absolute atomic E-state index is 12.9. The summed E-state index contributed by atoms with van der Waals surface area (Å²) in [7, 11) is 0. The van der Waals surface area contributed by atoms with Gasteiger partial charge in [0.05, 0.1) is 18.9 Å². The van der Waals surface area contributed by atoms with Gasteiger partial charge in [-0.1, -0.05) is 41.6 Å². The number of anilines is 1. The third-order valence-electron chi connectivity index (χ3n) is 5.12. The van der Waals surface area contributed by atoms with Crippen LogP contribution >= 0.6 is 0 Å². The monoisotopic (exact) mass is 393 g/mol. The van der Waals surface area contributed by atoms with Crippen LogP contribution in [0.15, 0.2) is 59.8 Å². The van der Waals surface area contributed by atoms with Crippen molar-refractivity contribution in [3.63, 3.8) is 0 Å². The fourth-order valence-corrected chi connectivity index (χ4v) is 3.39. The molecule has 2 aliphatic rings. The SMILES string of the molecule is C[C@@]1(C(=O)Nc2cccc(C(=O)N3CCOCC3)c2)CC(c2ccccc2)=NO1. The first-order chi connectivity index (χ1) is 14.0. The van der Waals surface area contributed by atoms with Gasteiger partial charge in [0.1, 0.15) is 0 Å². The summed E-state index contributed by atoms with van der Waals surface area (Å²) in [5, 5.41) is 6.97. The van der Waals surface area contributed by atoms with Crippen LogP contribution in [0.3, 0.4) is 0 Å². The average Bonchev–Trinajstić information content (AvgIpc) is 3.18. The van der Waals surface area contributed by atoms with Gasteiger partial charge >= 0.3 is 0 Å². The molecule has 2 aromatic rings. The molecule has 0 spiro atoms. The van der Waals surface area contributed by atoms with E-state index in [0.29, 0.717) is 44.0 Å². The van der Waals surface area contributed by atoms with E-state index in [1.54, 1.807) is 36.1 Å². The topological polar surface area (TPSA) is 80.2 Å². The smallest absolute Gasteiger partial charge is 0.271 e. The van der Waals surface area contributed by atoms with Crippen LogP contribution in [0.25, 0.3) is 0 Å². The van der Waals surface area contributed by atoms with Gasteiger partial charge in [-0.15, -0.1) is 0 Å². The fourth-order valence-electron chi connectivity index (χ4n) is 3.39. The lowest BCUT2D eigenvalue weighted by Crippen LogP contribution is -2.41. The molecule has 2 aromatic carbocycles. The molecule has 1 saturated heterocycles. The fraction of sp³-hybridized carbons (Fsp3) is 0.318. The molecule has 0 aromatic heterocycles. The number of ether oxygens (including phenoxy) is 1. The zero-order valence-corrected chi connectivity index (χ0v) is 16.3. The first kappa shape index (κ1) is 19.1. The molecule has 2 aliphatic heterocycles. The highest BCUT2D eigenvalue weighted by Crippen LogP contribution is 2.28. The maximum Gasteiger partial charge on any atom is 0.271 e. The number of carbonyl (C=O) groups is 2. The van der Waals surface area contributed by atoms with E-state index in [-0.39, 0.29) is 11.8 Å². The van der Waals surface area contributed by atoms with E-state index in [1.807, 2.05) is 30.3 Å². The molecule has 1 atom stereocenters. The molecule has 1 N–H and O–H groups in total. The highest BCUT2D eigenvalue weighted by atomic mass is 16.7. The largest absolute Gasteiger partial charge is 0.379 e. The highest BCUT2D eigenvalue weighted by Gasteiger charge is 2.42. The Labute approximate surface area is 169 Å². The Balaban J connectivity index is 1.43. The molecule has 0 saturated carbocycles. The number of benzene rings is 2. The van der Waals surface area contributed by atoms with Gasteiger partial charge in [0, 0.05) is 30.8 Å². The van der Waals surface area contributed by atoms with Crippen LogP contribution in [0.4, 0.5) is 5.69 Å². The van der Waals surface area contributed by atoms with Crippen LogP contribution in [0.1, 0.15) is 29.3 Å². The number of nitrogens with zero attached hydrogens (tertiary/aromatic N) is 2. The first-order valence-electron chi connectivity index (χ1n) is 9.64. The van der Waals surface area contributed by atoms with Crippen LogP contribution in [-0.4, -0.2) is 54.3 Å². The molecule has 4 rings (SSSR count). The van der Waals surface area contributed by atoms with Crippen LogP contribution in [0, 0.1) is 0 Å². The maximum atomic E-state index is 12.9. The van der Waals surface area contributed by atoms with Crippen molar-refractivity contribution >= 4 is 23.2 Å². The van der Waals surface area contributed by atoms with E-state index >= 15 is 0 Å². The molecule has 0 aliphatic carbocycles. The molecule has 7 heteroatoms. The molecular weight excluding hydrogens is 370 g/mol. The van der Waals surface area contributed by atoms with Crippen LogP contribution in [0.5, 0.6) is 0 Å². The van der Waals surface area contributed by atoms with E-state index < -0.39 is 5.60 Å². The number of rotatable bonds is 4. The Morgan fingerprint density at radius 3 is 2.59 bits per heavy atom.